The summed E-state index contributed by atoms with van der Waals surface area (Å²) in [5, 5.41) is 3.52. The van der Waals surface area contributed by atoms with Crippen LogP contribution < -0.4 is 10.1 Å². The summed E-state index contributed by atoms with van der Waals surface area (Å²) in [6.45, 7) is 3.98. The summed E-state index contributed by atoms with van der Waals surface area (Å²) < 4.78 is 7.84. The van der Waals surface area contributed by atoms with Crippen LogP contribution in [0.5, 0.6) is 5.75 Å². The van der Waals surface area contributed by atoms with Gasteiger partial charge in [0, 0.05) is 18.5 Å². The molecule has 2 nitrogen and oxygen atoms in total. The maximum atomic E-state index is 5.85. The van der Waals surface area contributed by atoms with Crippen LogP contribution in [0.25, 0.3) is 0 Å². The van der Waals surface area contributed by atoms with Gasteiger partial charge in [-0.15, -0.1) is 0 Å². The Morgan fingerprint density at radius 1 is 1.35 bits per heavy atom. The SMILES string of the molecule is CC(CNC1CC1)COc1c(Br)cccc1Br. The summed E-state index contributed by atoms with van der Waals surface area (Å²) in [6.07, 6.45) is 2.67. The average Bonchev–Trinajstić information content (AvgIpc) is 3.09. The van der Waals surface area contributed by atoms with Gasteiger partial charge in [0.15, 0.2) is 0 Å². The van der Waals surface area contributed by atoms with Crippen LogP contribution in [0.2, 0.25) is 0 Å². The second-order valence-corrected chi connectivity index (χ2v) is 6.36. The molecule has 1 N–H and O–H groups in total. The van der Waals surface area contributed by atoms with E-state index in [1.807, 2.05) is 18.2 Å². The van der Waals surface area contributed by atoms with Crippen LogP contribution in [-0.2, 0) is 0 Å². The van der Waals surface area contributed by atoms with Crippen molar-refractivity contribution in [1.29, 1.82) is 0 Å². The van der Waals surface area contributed by atoms with E-state index in [0.717, 1.165) is 33.9 Å². The molecule has 94 valence electrons. The molecule has 0 bridgehead atoms. The molecule has 1 unspecified atom stereocenters. The smallest absolute Gasteiger partial charge is 0.147 e. The monoisotopic (exact) mass is 361 g/mol. The highest BCUT2D eigenvalue weighted by molar-refractivity contribution is 9.11. The van der Waals surface area contributed by atoms with Crippen molar-refractivity contribution in [3.63, 3.8) is 0 Å². The van der Waals surface area contributed by atoms with Crippen molar-refractivity contribution in [3.8, 4) is 5.75 Å². The Balaban J connectivity index is 1.79. The minimum absolute atomic E-state index is 0.523. The molecule has 0 amide bonds. The first kappa shape index (κ1) is 13.4. The topological polar surface area (TPSA) is 21.3 Å². The number of hydrogen-bond donors (Lipinski definition) is 1. The summed E-state index contributed by atoms with van der Waals surface area (Å²) in [6, 6.07) is 6.74. The van der Waals surface area contributed by atoms with E-state index in [1.54, 1.807) is 0 Å². The van der Waals surface area contributed by atoms with Gasteiger partial charge in [0.05, 0.1) is 15.6 Å². The van der Waals surface area contributed by atoms with E-state index < -0.39 is 0 Å². The molecule has 1 saturated carbocycles. The predicted molar refractivity (Wildman–Crippen MR) is 77.5 cm³/mol. The Hall–Kier alpha value is -0.0600. The Kier molecular flexibility index (Phi) is 4.88. The van der Waals surface area contributed by atoms with Gasteiger partial charge in [0.2, 0.25) is 0 Å². The van der Waals surface area contributed by atoms with E-state index in [0.29, 0.717) is 5.92 Å². The van der Waals surface area contributed by atoms with Crippen molar-refractivity contribution in [2.24, 2.45) is 5.92 Å². The Labute approximate surface area is 119 Å². The fourth-order valence-electron chi connectivity index (χ4n) is 1.56. The zero-order valence-corrected chi connectivity index (χ0v) is 13.1. The first-order valence-corrected chi connectivity index (χ1v) is 7.55. The van der Waals surface area contributed by atoms with E-state index in [4.69, 9.17) is 4.74 Å². The third-order valence-corrected chi connectivity index (χ3v) is 4.01. The van der Waals surface area contributed by atoms with Gasteiger partial charge in [-0.2, -0.15) is 0 Å². The van der Waals surface area contributed by atoms with Gasteiger partial charge in [0.25, 0.3) is 0 Å². The first-order chi connectivity index (χ1) is 8.16. The molecule has 0 radical (unpaired) electrons. The lowest BCUT2D eigenvalue weighted by Crippen LogP contribution is -2.26. The molecule has 0 aromatic heterocycles. The predicted octanol–water partition coefficient (Wildman–Crippen LogP) is 3.98. The van der Waals surface area contributed by atoms with Crippen LogP contribution in [0.15, 0.2) is 27.1 Å². The molecule has 0 heterocycles. The maximum Gasteiger partial charge on any atom is 0.147 e. The lowest BCUT2D eigenvalue weighted by atomic mass is 10.2. The number of nitrogens with one attached hydrogen (secondary N) is 1. The van der Waals surface area contributed by atoms with Gasteiger partial charge in [-0.25, -0.2) is 0 Å². The van der Waals surface area contributed by atoms with Crippen LogP contribution in [0, 0.1) is 5.92 Å². The highest BCUT2D eigenvalue weighted by Gasteiger charge is 2.21. The van der Waals surface area contributed by atoms with Crippen molar-refractivity contribution in [2.75, 3.05) is 13.2 Å². The first-order valence-electron chi connectivity index (χ1n) is 5.97. The van der Waals surface area contributed by atoms with Gasteiger partial charge < -0.3 is 10.1 Å². The van der Waals surface area contributed by atoms with Gasteiger partial charge in [-0.1, -0.05) is 13.0 Å². The Morgan fingerprint density at radius 3 is 2.59 bits per heavy atom. The third-order valence-electron chi connectivity index (χ3n) is 2.76. The second kappa shape index (κ2) is 6.21. The van der Waals surface area contributed by atoms with Gasteiger partial charge >= 0.3 is 0 Å². The molecule has 1 aromatic carbocycles. The van der Waals surface area contributed by atoms with Crippen LogP contribution in [0.3, 0.4) is 0 Å². The van der Waals surface area contributed by atoms with Gasteiger partial charge in [0.1, 0.15) is 5.75 Å². The molecule has 2 rings (SSSR count). The average molecular weight is 363 g/mol. The number of ether oxygens (including phenoxy) is 1. The summed E-state index contributed by atoms with van der Waals surface area (Å²) >= 11 is 7.00. The Morgan fingerprint density at radius 2 is 2.00 bits per heavy atom. The van der Waals surface area contributed by atoms with Crippen molar-refractivity contribution in [1.82, 2.24) is 5.32 Å². The van der Waals surface area contributed by atoms with E-state index in [2.05, 4.69) is 44.1 Å². The van der Waals surface area contributed by atoms with Crippen molar-refractivity contribution in [3.05, 3.63) is 27.1 Å². The highest BCUT2D eigenvalue weighted by Crippen LogP contribution is 2.33. The third kappa shape index (κ3) is 4.27. The molecule has 1 fully saturated rings. The molecule has 0 aliphatic heterocycles. The molecule has 1 aromatic rings. The van der Waals surface area contributed by atoms with Crippen LogP contribution in [0.1, 0.15) is 19.8 Å². The zero-order valence-electron chi connectivity index (χ0n) is 9.88. The summed E-state index contributed by atoms with van der Waals surface area (Å²) in [4.78, 5) is 0. The lowest BCUT2D eigenvalue weighted by Gasteiger charge is -2.15. The van der Waals surface area contributed by atoms with Crippen molar-refractivity contribution < 1.29 is 4.74 Å². The molecule has 0 saturated heterocycles. The van der Waals surface area contributed by atoms with Crippen LogP contribution in [-0.4, -0.2) is 19.2 Å². The number of rotatable bonds is 6. The molecule has 0 spiro atoms. The molecule has 1 aliphatic rings. The van der Waals surface area contributed by atoms with Crippen LogP contribution in [0.4, 0.5) is 0 Å². The Bertz CT molecular complexity index is 359. The molecule has 1 aliphatic carbocycles. The van der Waals surface area contributed by atoms with E-state index in [-0.39, 0.29) is 0 Å². The zero-order chi connectivity index (χ0) is 12.3. The van der Waals surface area contributed by atoms with Crippen molar-refractivity contribution in [2.45, 2.75) is 25.8 Å². The molecule has 1 atom stereocenters. The molecular weight excluding hydrogens is 346 g/mol. The number of halogens is 2. The number of para-hydroxylation sites is 1. The van der Waals surface area contributed by atoms with E-state index in [1.165, 1.54) is 12.8 Å². The number of hydrogen-bond acceptors (Lipinski definition) is 2. The largest absolute Gasteiger partial charge is 0.491 e. The summed E-state index contributed by atoms with van der Waals surface area (Å²) in [7, 11) is 0. The van der Waals surface area contributed by atoms with Crippen LogP contribution >= 0.6 is 31.9 Å². The minimum Gasteiger partial charge on any atom is -0.491 e. The van der Waals surface area contributed by atoms with E-state index >= 15 is 0 Å². The molecular formula is C13H17Br2NO. The molecule has 17 heavy (non-hydrogen) atoms. The highest BCUT2D eigenvalue weighted by atomic mass is 79.9. The standard InChI is InChI=1S/C13H17Br2NO/c1-9(7-16-10-5-6-10)8-17-13-11(14)3-2-4-12(13)15/h2-4,9-10,16H,5-8H2,1H3. The summed E-state index contributed by atoms with van der Waals surface area (Å²) in [5.74, 6) is 1.42. The minimum atomic E-state index is 0.523. The lowest BCUT2D eigenvalue weighted by molar-refractivity contribution is 0.252. The maximum absolute atomic E-state index is 5.85. The normalized spacial score (nSPS) is 16.9. The quantitative estimate of drug-likeness (QED) is 0.826. The fourth-order valence-corrected chi connectivity index (χ4v) is 2.79. The second-order valence-electron chi connectivity index (χ2n) is 4.65. The number of benzene rings is 1. The summed E-state index contributed by atoms with van der Waals surface area (Å²) in [5.41, 5.74) is 0. The van der Waals surface area contributed by atoms with Crippen molar-refractivity contribution >= 4 is 31.9 Å². The van der Waals surface area contributed by atoms with Gasteiger partial charge in [-0.05, 0) is 56.8 Å². The fraction of sp³-hybridized carbons (Fsp3) is 0.538. The molecule has 4 heteroatoms. The van der Waals surface area contributed by atoms with E-state index in [9.17, 15) is 0 Å². The van der Waals surface area contributed by atoms with Gasteiger partial charge in [-0.3, -0.25) is 0 Å².